The lowest BCUT2D eigenvalue weighted by atomic mass is 9.92. The van der Waals surface area contributed by atoms with Crippen LogP contribution in [0.2, 0.25) is 0 Å². The van der Waals surface area contributed by atoms with Crippen molar-refractivity contribution in [3.8, 4) is 28.7 Å². The lowest BCUT2D eigenvalue weighted by Gasteiger charge is -2.28. The van der Waals surface area contributed by atoms with E-state index in [9.17, 15) is 9.59 Å². The van der Waals surface area contributed by atoms with E-state index in [1.807, 2.05) is 36.4 Å². The minimum absolute atomic E-state index is 0.0407. The molecule has 0 aromatic heterocycles. The van der Waals surface area contributed by atoms with Crippen LogP contribution in [0, 0.1) is 5.92 Å². The van der Waals surface area contributed by atoms with Crippen LogP contribution in [0.15, 0.2) is 60.7 Å². The smallest absolute Gasteiger partial charge is 0.230 e. The molecule has 0 spiro atoms. The highest BCUT2D eigenvalue weighted by Crippen LogP contribution is 2.44. The fourth-order valence-corrected chi connectivity index (χ4v) is 4.59. The molecule has 1 aliphatic heterocycles. The quantitative estimate of drug-likeness (QED) is 0.458. The molecule has 1 N–H and O–H groups in total. The van der Waals surface area contributed by atoms with Crippen LogP contribution in [0.5, 0.6) is 28.7 Å². The van der Waals surface area contributed by atoms with Gasteiger partial charge in [-0.05, 0) is 42.0 Å². The van der Waals surface area contributed by atoms with Gasteiger partial charge in [-0.25, -0.2) is 0 Å². The van der Waals surface area contributed by atoms with Gasteiger partial charge in [-0.1, -0.05) is 12.1 Å². The number of ether oxygens (including phenoxy) is 5. The summed E-state index contributed by atoms with van der Waals surface area (Å²) in [6.07, 6.45) is 0.0407. The van der Waals surface area contributed by atoms with Crippen LogP contribution in [0.4, 0.5) is 11.4 Å². The van der Waals surface area contributed by atoms with Gasteiger partial charge in [0.15, 0.2) is 11.5 Å². The Labute approximate surface area is 215 Å². The zero-order valence-electron chi connectivity index (χ0n) is 21.4. The highest BCUT2D eigenvalue weighted by atomic mass is 16.5. The largest absolute Gasteiger partial charge is 0.497 e. The first kappa shape index (κ1) is 25.7. The van der Waals surface area contributed by atoms with Gasteiger partial charge >= 0.3 is 0 Å². The molecule has 37 heavy (non-hydrogen) atoms. The number of rotatable bonds is 9. The molecule has 2 amide bonds. The Kier molecular flexibility index (Phi) is 7.71. The summed E-state index contributed by atoms with van der Waals surface area (Å²) in [5.74, 6) is 1.46. The first-order valence-corrected chi connectivity index (χ1v) is 11.6. The molecule has 194 valence electrons. The van der Waals surface area contributed by atoms with E-state index >= 15 is 0 Å². The molecule has 4 rings (SSSR count). The number of nitrogens with one attached hydrogen (secondary N) is 1. The normalized spacial score (nSPS) is 16.8. The highest BCUT2D eigenvalue weighted by Gasteiger charge is 2.45. The van der Waals surface area contributed by atoms with Gasteiger partial charge in [-0.15, -0.1) is 0 Å². The number of hydrogen-bond acceptors (Lipinski definition) is 7. The predicted molar refractivity (Wildman–Crippen MR) is 139 cm³/mol. The second kappa shape index (κ2) is 11.1. The van der Waals surface area contributed by atoms with Gasteiger partial charge in [0.05, 0.1) is 47.5 Å². The Hall–Kier alpha value is -4.40. The van der Waals surface area contributed by atoms with Gasteiger partial charge in [-0.3, -0.25) is 9.59 Å². The maximum Gasteiger partial charge on any atom is 0.230 e. The van der Waals surface area contributed by atoms with Gasteiger partial charge in [0.1, 0.15) is 11.5 Å². The number of hydrogen-bond donors (Lipinski definition) is 1. The van der Waals surface area contributed by atoms with Crippen molar-refractivity contribution >= 4 is 23.2 Å². The highest BCUT2D eigenvalue weighted by molar-refractivity contribution is 6.05. The third-order valence-electron chi connectivity index (χ3n) is 6.40. The fraction of sp³-hybridized carbons (Fsp3) is 0.286. The average molecular weight is 507 g/mol. The minimum atomic E-state index is -0.665. The molecule has 3 aromatic rings. The number of nitrogens with zero attached hydrogens (tertiary/aromatic N) is 1. The minimum Gasteiger partial charge on any atom is -0.497 e. The lowest BCUT2D eigenvalue weighted by molar-refractivity contribution is -0.122. The molecule has 2 atom stereocenters. The Morgan fingerprint density at radius 2 is 1.32 bits per heavy atom. The topological polar surface area (TPSA) is 95.6 Å². The third kappa shape index (κ3) is 5.11. The van der Waals surface area contributed by atoms with Crippen molar-refractivity contribution in [2.45, 2.75) is 12.5 Å². The maximum absolute atomic E-state index is 13.7. The number of anilines is 2. The molecule has 1 saturated heterocycles. The summed E-state index contributed by atoms with van der Waals surface area (Å²) in [4.78, 5) is 28.6. The van der Waals surface area contributed by atoms with Gasteiger partial charge in [0.25, 0.3) is 0 Å². The summed E-state index contributed by atoms with van der Waals surface area (Å²) >= 11 is 0. The maximum atomic E-state index is 13.7. The van der Waals surface area contributed by atoms with Crippen molar-refractivity contribution in [3.63, 3.8) is 0 Å². The molecule has 0 radical (unpaired) electrons. The molecule has 0 bridgehead atoms. The summed E-state index contributed by atoms with van der Waals surface area (Å²) in [6.45, 7) is 0. The summed E-state index contributed by atoms with van der Waals surface area (Å²) < 4.78 is 26.8. The van der Waals surface area contributed by atoms with Crippen LogP contribution in [0.3, 0.4) is 0 Å². The van der Waals surface area contributed by atoms with E-state index in [0.717, 1.165) is 5.56 Å². The van der Waals surface area contributed by atoms with E-state index in [1.54, 1.807) is 43.4 Å². The van der Waals surface area contributed by atoms with E-state index in [1.165, 1.54) is 21.3 Å². The second-order valence-corrected chi connectivity index (χ2v) is 8.39. The first-order chi connectivity index (χ1) is 17.9. The van der Waals surface area contributed by atoms with Crippen molar-refractivity contribution < 1.29 is 33.3 Å². The molecule has 1 aliphatic rings. The summed E-state index contributed by atoms with van der Waals surface area (Å²) in [5, 5.41) is 2.94. The summed E-state index contributed by atoms with van der Waals surface area (Å²) in [7, 11) is 7.69. The molecule has 1 fully saturated rings. The molecule has 2 unspecified atom stereocenters. The van der Waals surface area contributed by atoms with Crippen molar-refractivity contribution in [3.05, 3.63) is 66.2 Å². The Morgan fingerprint density at radius 3 is 1.81 bits per heavy atom. The van der Waals surface area contributed by atoms with E-state index in [-0.39, 0.29) is 18.2 Å². The molecule has 0 saturated carbocycles. The molecule has 3 aromatic carbocycles. The molecule has 1 heterocycles. The van der Waals surface area contributed by atoms with Gasteiger partial charge in [0, 0.05) is 29.9 Å². The zero-order valence-corrected chi connectivity index (χ0v) is 21.4. The van der Waals surface area contributed by atoms with Crippen LogP contribution >= 0.6 is 0 Å². The van der Waals surface area contributed by atoms with E-state index in [0.29, 0.717) is 40.1 Å². The SMILES string of the molecule is COc1ccc(C2C(C(=O)Nc3cc(OC)c(OC)c(OC)c3)CC(=O)N2c2ccc(OC)cc2)cc1. The third-order valence-corrected chi connectivity index (χ3v) is 6.40. The zero-order chi connectivity index (χ0) is 26.5. The predicted octanol–water partition coefficient (Wildman–Crippen LogP) is 4.46. The van der Waals surface area contributed by atoms with Crippen molar-refractivity contribution in [2.24, 2.45) is 5.92 Å². The van der Waals surface area contributed by atoms with Gasteiger partial charge < -0.3 is 33.9 Å². The van der Waals surface area contributed by atoms with Crippen LogP contribution in [-0.4, -0.2) is 47.4 Å². The van der Waals surface area contributed by atoms with Crippen molar-refractivity contribution in [1.82, 2.24) is 0 Å². The van der Waals surface area contributed by atoms with Gasteiger partial charge in [-0.2, -0.15) is 0 Å². The van der Waals surface area contributed by atoms with Gasteiger partial charge in [0.2, 0.25) is 17.6 Å². The monoisotopic (exact) mass is 506 g/mol. The molecule has 9 heteroatoms. The Bertz CT molecular complexity index is 1230. The number of benzene rings is 3. The van der Waals surface area contributed by atoms with E-state index in [4.69, 9.17) is 23.7 Å². The van der Waals surface area contributed by atoms with E-state index < -0.39 is 12.0 Å². The Balaban J connectivity index is 1.71. The van der Waals surface area contributed by atoms with Crippen LogP contribution in [0.25, 0.3) is 0 Å². The second-order valence-electron chi connectivity index (χ2n) is 8.39. The molecule has 9 nitrogen and oxygen atoms in total. The number of carbonyl (C=O) groups is 2. The number of carbonyl (C=O) groups excluding carboxylic acids is 2. The van der Waals surface area contributed by atoms with Crippen molar-refractivity contribution in [2.75, 3.05) is 45.8 Å². The summed E-state index contributed by atoms with van der Waals surface area (Å²) in [5.41, 5.74) is 1.95. The molecular weight excluding hydrogens is 476 g/mol. The average Bonchev–Trinajstić information content (AvgIpc) is 3.29. The van der Waals surface area contributed by atoms with Crippen LogP contribution < -0.4 is 33.9 Å². The number of amides is 2. The van der Waals surface area contributed by atoms with Crippen LogP contribution in [-0.2, 0) is 9.59 Å². The van der Waals surface area contributed by atoms with E-state index in [2.05, 4.69) is 5.32 Å². The molecule has 0 aliphatic carbocycles. The standard InChI is InChI=1S/C28H30N2O7/c1-33-20-10-6-17(7-11-20)26-22(16-25(31)30(26)19-8-12-21(34-2)13-9-19)28(32)29-18-14-23(35-3)27(37-5)24(15-18)36-4/h6-15,22,26H,16H2,1-5H3,(H,29,32). The summed E-state index contributed by atoms with van der Waals surface area (Å²) in [6, 6.07) is 17.4. The Morgan fingerprint density at radius 1 is 0.784 bits per heavy atom. The fourth-order valence-electron chi connectivity index (χ4n) is 4.59. The first-order valence-electron chi connectivity index (χ1n) is 11.6. The van der Waals surface area contributed by atoms with Crippen molar-refractivity contribution in [1.29, 1.82) is 0 Å². The number of methoxy groups -OCH3 is 5. The lowest BCUT2D eigenvalue weighted by Crippen LogP contribution is -2.32. The van der Waals surface area contributed by atoms with Crippen LogP contribution in [0.1, 0.15) is 18.0 Å². The molecular formula is C28H30N2O7.